The van der Waals surface area contributed by atoms with Crippen LogP contribution >= 0.6 is 0 Å². The van der Waals surface area contributed by atoms with Crippen molar-refractivity contribution in [1.82, 2.24) is 0 Å². The number of rotatable bonds is 6. The Bertz CT molecular complexity index is 1270. The zero-order valence-electron chi connectivity index (χ0n) is 19.2. The summed E-state index contributed by atoms with van der Waals surface area (Å²) < 4.78 is 24.3. The first-order valence-corrected chi connectivity index (χ1v) is 11.5. The van der Waals surface area contributed by atoms with Gasteiger partial charge in [0.25, 0.3) is 0 Å². The first-order valence-electron chi connectivity index (χ1n) is 11.5. The molecule has 0 aliphatic carbocycles. The van der Waals surface area contributed by atoms with Gasteiger partial charge in [-0.2, -0.15) is 0 Å². The van der Waals surface area contributed by atoms with Gasteiger partial charge in [0, 0.05) is 11.1 Å². The highest BCUT2D eigenvalue weighted by atomic mass is 16.6. The Balaban J connectivity index is 1.43. The zero-order valence-corrected chi connectivity index (χ0v) is 19.2. The SMILES string of the molecule is OC/C=C/c1ccc2c(c1)OC(c1ccc3c(c1)OC(CO)[C@@H](c1ccc(O)c(O)c1)O3)C(CO)O2. The Hall–Kier alpha value is -3.92. The highest BCUT2D eigenvalue weighted by Gasteiger charge is 2.36. The molecule has 2 aliphatic rings. The number of ether oxygens (including phenoxy) is 4. The highest BCUT2D eigenvalue weighted by molar-refractivity contribution is 5.57. The number of aromatic hydroxyl groups is 2. The lowest BCUT2D eigenvalue weighted by molar-refractivity contribution is -0.0174. The van der Waals surface area contributed by atoms with Crippen molar-refractivity contribution in [1.29, 1.82) is 0 Å². The van der Waals surface area contributed by atoms with Crippen LogP contribution in [0.4, 0.5) is 0 Å². The van der Waals surface area contributed by atoms with E-state index in [2.05, 4.69) is 0 Å². The second-order valence-electron chi connectivity index (χ2n) is 8.50. The lowest BCUT2D eigenvalue weighted by Gasteiger charge is -2.36. The number of hydrogen-bond donors (Lipinski definition) is 5. The Morgan fingerprint density at radius 1 is 0.611 bits per heavy atom. The van der Waals surface area contributed by atoms with Crippen LogP contribution in [0.15, 0.2) is 60.7 Å². The Morgan fingerprint density at radius 3 is 1.89 bits per heavy atom. The predicted molar refractivity (Wildman–Crippen MR) is 129 cm³/mol. The highest BCUT2D eigenvalue weighted by Crippen LogP contribution is 2.45. The molecule has 2 heterocycles. The van der Waals surface area contributed by atoms with Gasteiger partial charge in [0.2, 0.25) is 0 Å². The minimum atomic E-state index is -0.768. The standard InChI is InChI=1S/C27H26O9/c28-9-1-2-15-3-7-20-22(10-15)36-27(24(13-29)33-20)17-5-8-21-23(12-17)34-25(14-30)26(35-21)16-4-6-18(31)19(32)11-16/h1-8,10-12,24-32H,9,13-14H2/b2-1+/t24?,25?,26-,27?/m1/s1. The number of phenolic OH excluding ortho intramolecular Hbond substituents is 2. The first-order chi connectivity index (χ1) is 17.5. The van der Waals surface area contributed by atoms with Gasteiger partial charge >= 0.3 is 0 Å². The third-order valence-electron chi connectivity index (χ3n) is 6.11. The van der Waals surface area contributed by atoms with Crippen LogP contribution < -0.4 is 18.9 Å². The van der Waals surface area contributed by atoms with Gasteiger partial charge in [0.1, 0.15) is 0 Å². The molecule has 9 nitrogen and oxygen atoms in total. The summed E-state index contributed by atoms with van der Waals surface area (Å²) >= 11 is 0. The van der Waals surface area contributed by atoms with Gasteiger partial charge in [-0.3, -0.25) is 0 Å². The molecule has 0 saturated carbocycles. The maximum Gasteiger partial charge on any atom is 0.163 e. The maximum atomic E-state index is 9.97. The van der Waals surface area contributed by atoms with Crippen molar-refractivity contribution in [3.8, 4) is 34.5 Å². The lowest BCUT2D eigenvalue weighted by Crippen LogP contribution is -2.37. The van der Waals surface area contributed by atoms with Crippen LogP contribution in [0.3, 0.4) is 0 Å². The Morgan fingerprint density at radius 2 is 1.19 bits per heavy atom. The summed E-state index contributed by atoms with van der Waals surface area (Å²) in [6.07, 6.45) is 0.588. The Labute approximate surface area is 207 Å². The summed E-state index contributed by atoms with van der Waals surface area (Å²) in [4.78, 5) is 0. The normalized spacial score (nSPS) is 22.5. The number of benzene rings is 3. The Kier molecular flexibility index (Phi) is 6.60. The number of hydrogen-bond acceptors (Lipinski definition) is 9. The van der Waals surface area contributed by atoms with E-state index >= 15 is 0 Å². The van der Waals surface area contributed by atoms with E-state index in [4.69, 9.17) is 24.1 Å². The van der Waals surface area contributed by atoms with Crippen LogP contribution in [0.5, 0.6) is 34.5 Å². The van der Waals surface area contributed by atoms with Gasteiger partial charge in [-0.1, -0.05) is 30.4 Å². The van der Waals surface area contributed by atoms with Gasteiger partial charge in [-0.15, -0.1) is 0 Å². The van der Waals surface area contributed by atoms with E-state index in [0.29, 0.717) is 34.1 Å². The molecule has 0 saturated heterocycles. The van der Waals surface area contributed by atoms with Crippen LogP contribution in [0.25, 0.3) is 6.08 Å². The van der Waals surface area contributed by atoms with Crippen LogP contribution in [-0.4, -0.2) is 57.6 Å². The van der Waals surface area contributed by atoms with E-state index in [1.807, 2.05) is 6.07 Å². The van der Waals surface area contributed by atoms with Gasteiger partial charge < -0.3 is 44.5 Å². The second-order valence-corrected chi connectivity index (χ2v) is 8.50. The van der Waals surface area contributed by atoms with Gasteiger partial charge in [0.05, 0.1) is 19.8 Å². The van der Waals surface area contributed by atoms with Gasteiger partial charge in [-0.25, -0.2) is 0 Å². The molecule has 3 aromatic rings. The molecule has 5 N–H and O–H groups in total. The number of fused-ring (bicyclic) bond motifs is 2. The topological polar surface area (TPSA) is 138 Å². The molecule has 0 amide bonds. The van der Waals surface area contributed by atoms with E-state index in [0.717, 1.165) is 5.56 Å². The summed E-state index contributed by atoms with van der Waals surface area (Å²) in [5.74, 6) is 1.26. The summed E-state index contributed by atoms with van der Waals surface area (Å²) in [7, 11) is 0. The van der Waals surface area contributed by atoms with E-state index < -0.39 is 24.4 Å². The van der Waals surface area contributed by atoms with Crippen molar-refractivity contribution in [2.75, 3.05) is 19.8 Å². The van der Waals surface area contributed by atoms with Crippen molar-refractivity contribution < 1.29 is 44.5 Å². The average molecular weight is 494 g/mol. The zero-order chi connectivity index (χ0) is 25.2. The average Bonchev–Trinajstić information content (AvgIpc) is 2.91. The van der Waals surface area contributed by atoms with Gasteiger partial charge in [-0.05, 0) is 42.0 Å². The third-order valence-corrected chi connectivity index (χ3v) is 6.11. The summed E-state index contributed by atoms with van der Waals surface area (Å²) in [6, 6.07) is 14.9. The minimum absolute atomic E-state index is 0.0789. The molecule has 0 aromatic heterocycles. The molecule has 5 rings (SSSR count). The fourth-order valence-corrected chi connectivity index (χ4v) is 4.32. The molecule has 2 aliphatic heterocycles. The van der Waals surface area contributed by atoms with E-state index in [1.54, 1.807) is 48.6 Å². The summed E-state index contributed by atoms with van der Waals surface area (Å²) in [5.41, 5.74) is 2.04. The molecule has 3 aromatic carbocycles. The minimum Gasteiger partial charge on any atom is -0.504 e. The first kappa shape index (κ1) is 23.8. The van der Waals surface area contributed by atoms with Crippen LogP contribution in [0.2, 0.25) is 0 Å². The van der Waals surface area contributed by atoms with Crippen LogP contribution in [-0.2, 0) is 0 Å². The van der Waals surface area contributed by atoms with Gasteiger partial charge in [0.15, 0.2) is 58.9 Å². The van der Waals surface area contributed by atoms with Crippen molar-refractivity contribution >= 4 is 6.08 Å². The van der Waals surface area contributed by atoms with Crippen molar-refractivity contribution in [2.45, 2.75) is 24.4 Å². The van der Waals surface area contributed by atoms with Crippen molar-refractivity contribution in [2.24, 2.45) is 0 Å². The fraction of sp³-hybridized carbons (Fsp3) is 0.259. The maximum absolute atomic E-state index is 9.97. The van der Waals surface area contributed by atoms with E-state index in [-0.39, 0.29) is 31.3 Å². The predicted octanol–water partition coefficient (Wildman–Crippen LogP) is 2.85. The second kappa shape index (κ2) is 9.98. The summed E-state index contributed by atoms with van der Waals surface area (Å²) in [6.45, 7) is -0.712. The van der Waals surface area contributed by atoms with Crippen LogP contribution in [0.1, 0.15) is 28.9 Å². The van der Waals surface area contributed by atoms with Crippen molar-refractivity contribution in [3.63, 3.8) is 0 Å². The molecule has 0 fully saturated rings. The monoisotopic (exact) mass is 494 g/mol. The molecule has 0 spiro atoms. The van der Waals surface area contributed by atoms with E-state index in [9.17, 15) is 20.4 Å². The smallest absolute Gasteiger partial charge is 0.163 e. The number of aliphatic hydroxyl groups is 3. The molecule has 0 bridgehead atoms. The number of aliphatic hydroxyl groups excluding tert-OH is 3. The summed E-state index contributed by atoms with van der Waals surface area (Å²) in [5, 5.41) is 48.4. The molecule has 188 valence electrons. The third kappa shape index (κ3) is 4.51. The molecule has 3 unspecified atom stereocenters. The quantitative estimate of drug-likeness (QED) is 0.328. The number of phenols is 2. The van der Waals surface area contributed by atoms with E-state index in [1.165, 1.54) is 12.1 Å². The lowest BCUT2D eigenvalue weighted by atomic mass is 10.00. The fourth-order valence-electron chi connectivity index (χ4n) is 4.32. The molecular formula is C27H26O9. The molecular weight excluding hydrogens is 468 g/mol. The molecule has 4 atom stereocenters. The molecule has 0 radical (unpaired) electrons. The molecule has 36 heavy (non-hydrogen) atoms. The van der Waals surface area contributed by atoms with Crippen LogP contribution in [0, 0.1) is 0 Å². The largest absolute Gasteiger partial charge is 0.504 e. The molecule has 9 heteroatoms. The van der Waals surface area contributed by atoms with Crippen molar-refractivity contribution in [3.05, 3.63) is 77.4 Å².